The monoisotopic (exact) mass is 358 g/mol. The van der Waals surface area contributed by atoms with Crippen LogP contribution >= 0.6 is 0 Å². The Morgan fingerprint density at radius 3 is 2.35 bits per heavy atom. The highest BCUT2D eigenvalue weighted by molar-refractivity contribution is 5.21. The Hall–Kier alpha value is -1.96. The van der Waals surface area contributed by atoms with E-state index in [9.17, 15) is 5.11 Å². The van der Waals surface area contributed by atoms with Crippen molar-refractivity contribution in [3.05, 3.63) is 66.2 Å². The molecule has 6 atom stereocenters. The lowest BCUT2D eigenvalue weighted by atomic mass is 9.97. The molecular weight excluding hydrogens is 336 g/mol. The maximum absolute atomic E-state index is 10.7. The number of hydrogen-bond acceptors (Lipinski definition) is 6. The first-order valence-electron chi connectivity index (χ1n) is 8.66. The zero-order valence-electron chi connectivity index (χ0n) is 14.4. The van der Waals surface area contributed by atoms with Crippen molar-refractivity contribution in [2.24, 2.45) is 0 Å². The first-order valence-corrected chi connectivity index (χ1v) is 8.66. The van der Waals surface area contributed by atoms with Gasteiger partial charge in [-0.05, 0) is 12.1 Å². The number of benzene rings is 2. The molecule has 6 heteroatoms. The van der Waals surface area contributed by atoms with Crippen LogP contribution in [0, 0.1) is 0 Å². The Morgan fingerprint density at radius 2 is 1.65 bits per heavy atom. The van der Waals surface area contributed by atoms with Gasteiger partial charge in [0.2, 0.25) is 6.29 Å². The van der Waals surface area contributed by atoms with Crippen LogP contribution in [-0.2, 0) is 18.9 Å². The molecule has 2 aromatic rings. The minimum Gasteiger partial charge on any atom is -0.462 e. The Balaban J connectivity index is 1.49. The van der Waals surface area contributed by atoms with E-state index in [4.69, 9.17) is 23.7 Å². The molecule has 0 spiro atoms. The van der Waals surface area contributed by atoms with Crippen molar-refractivity contribution in [2.75, 3.05) is 13.7 Å². The summed E-state index contributed by atoms with van der Waals surface area (Å²) in [6, 6.07) is 18.9. The fourth-order valence-corrected chi connectivity index (χ4v) is 3.34. The third kappa shape index (κ3) is 3.47. The van der Waals surface area contributed by atoms with Crippen molar-refractivity contribution in [3.63, 3.8) is 0 Å². The van der Waals surface area contributed by atoms with Gasteiger partial charge in [-0.15, -0.1) is 0 Å². The molecule has 4 rings (SSSR count). The molecule has 2 aliphatic heterocycles. The van der Waals surface area contributed by atoms with Crippen molar-refractivity contribution in [2.45, 2.75) is 37.0 Å². The first-order chi connectivity index (χ1) is 12.8. The number of aliphatic hydroxyl groups is 1. The van der Waals surface area contributed by atoms with Gasteiger partial charge < -0.3 is 28.8 Å². The Morgan fingerprint density at radius 1 is 0.962 bits per heavy atom. The van der Waals surface area contributed by atoms with E-state index >= 15 is 0 Å². The summed E-state index contributed by atoms with van der Waals surface area (Å²) in [5.74, 6) is 0.615. The molecule has 0 bridgehead atoms. The molecular formula is C20H22O6. The van der Waals surface area contributed by atoms with Crippen LogP contribution < -0.4 is 4.74 Å². The number of para-hydroxylation sites is 1. The second-order valence-corrected chi connectivity index (χ2v) is 6.34. The van der Waals surface area contributed by atoms with Gasteiger partial charge in [0.15, 0.2) is 6.29 Å². The van der Waals surface area contributed by atoms with Gasteiger partial charge in [0.1, 0.15) is 30.2 Å². The Kier molecular flexibility index (Phi) is 5.19. The predicted molar refractivity (Wildman–Crippen MR) is 92.5 cm³/mol. The molecule has 2 saturated heterocycles. The van der Waals surface area contributed by atoms with Gasteiger partial charge >= 0.3 is 0 Å². The molecule has 0 radical (unpaired) electrons. The fourth-order valence-electron chi connectivity index (χ4n) is 3.34. The van der Waals surface area contributed by atoms with Crippen LogP contribution in [0.4, 0.5) is 0 Å². The van der Waals surface area contributed by atoms with Gasteiger partial charge in [0.25, 0.3) is 0 Å². The van der Waals surface area contributed by atoms with Crippen molar-refractivity contribution < 1.29 is 28.8 Å². The van der Waals surface area contributed by atoms with E-state index in [1.54, 1.807) is 7.11 Å². The zero-order valence-corrected chi connectivity index (χ0v) is 14.4. The second kappa shape index (κ2) is 7.73. The van der Waals surface area contributed by atoms with Crippen LogP contribution in [0.5, 0.6) is 5.75 Å². The molecule has 1 N–H and O–H groups in total. The van der Waals surface area contributed by atoms with Crippen LogP contribution in [0.25, 0.3) is 0 Å². The molecule has 1 unspecified atom stereocenters. The standard InChI is InChI=1S/C20H22O6/c1-22-18-16(21)20(24-14-10-6-3-7-11-14)25-15-12-23-19(26-17(15)18)13-8-4-2-5-9-13/h2-11,15-21H,12H2,1H3/t15-,16-,17-,18-,19?,20-/m1/s1. The number of ether oxygens (including phenoxy) is 5. The lowest BCUT2D eigenvalue weighted by Gasteiger charge is -2.47. The second-order valence-electron chi connectivity index (χ2n) is 6.34. The van der Waals surface area contributed by atoms with Gasteiger partial charge in [-0.1, -0.05) is 48.5 Å². The summed E-state index contributed by atoms with van der Waals surface area (Å²) in [4.78, 5) is 0. The topological polar surface area (TPSA) is 66.4 Å². The quantitative estimate of drug-likeness (QED) is 0.905. The Labute approximate surface area is 152 Å². The normalized spacial score (nSPS) is 34.1. The van der Waals surface area contributed by atoms with Gasteiger partial charge in [0.05, 0.1) is 6.61 Å². The SMILES string of the molecule is CO[C@@H]1[C@@H](O)[C@H](Oc2ccccc2)O[C@@H]2COC(c3ccccc3)O[C@@H]12. The summed E-state index contributed by atoms with van der Waals surface area (Å²) < 4.78 is 29.1. The lowest BCUT2D eigenvalue weighted by molar-refractivity contribution is -0.352. The summed E-state index contributed by atoms with van der Waals surface area (Å²) in [6.07, 6.45) is -3.79. The van der Waals surface area contributed by atoms with Crippen molar-refractivity contribution in [1.82, 2.24) is 0 Å². The van der Waals surface area contributed by atoms with Gasteiger partial charge in [-0.2, -0.15) is 0 Å². The molecule has 0 amide bonds. The van der Waals surface area contributed by atoms with Crippen LogP contribution in [0.3, 0.4) is 0 Å². The van der Waals surface area contributed by atoms with Crippen molar-refractivity contribution in [1.29, 1.82) is 0 Å². The van der Waals surface area contributed by atoms with E-state index in [1.807, 2.05) is 60.7 Å². The summed E-state index contributed by atoms with van der Waals surface area (Å²) in [5, 5.41) is 10.7. The largest absolute Gasteiger partial charge is 0.462 e. The van der Waals surface area contributed by atoms with E-state index in [0.717, 1.165) is 5.56 Å². The van der Waals surface area contributed by atoms with Crippen LogP contribution in [0.15, 0.2) is 60.7 Å². The van der Waals surface area contributed by atoms with Gasteiger partial charge in [-0.3, -0.25) is 0 Å². The number of aliphatic hydroxyl groups excluding tert-OH is 1. The molecule has 138 valence electrons. The van der Waals surface area contributed by atoms with Crippen LogP contribution in [-0.4, -0.2) is 49.5 Å². The molecule has 0 aliphatic carbocycles. The molecule has 26 heavy (non-hydrogen) atoms. The summed E-state index contributed by atoms with van der Waals surface area (Å²) >= 11 is 0. The van der Waals surface area contributed by atoms with E-state index in [2.05, 4.69) is 0 Å². The smallest absolute Gasteiger partial charge is 0.229 e. The van der Waals surface area contributed by atoms with Gasteiger partial charge in [0, 0.05) is 12.7 Å². The number of hydrogen-bond donors (Lipinski definition) is 1. The van der Waals surface area contributed by atoms with Gasteiger partial charge in [-0.25, -0.2) is 0 Å². The fraction of sp³-hybridized carbons (Fsp3) is 0.400. The first kappa shape index (κ1) is 17.5. The Bertz CT molecular complexity index is 694. The lowest BCUT2D eigenvalue weighted by Crippen LogP contribution is -2.63. The average molecular weight is 358 g/mol. The maximum atomic E-state index is 10.7. The molecule has 2 aromatic carbocycles. The highest BCUT2D eigenvalue weighted by Gasteiger charge is 2.50. The summed E-state index contributed by atoms with van der Waals surface area (Å²) in [6.45, 7) is 0.325. The molecule has 0 saturated carbocycles. The number of methoxy groups -OCH3 is 1. The minimum atomic E-state index is -0.990. The number of fused-ring (bicyclic) bond motifs is 1. The zero-order chi connectivity index (χ0) is 17.9. The molecule has 2 aliphatic rings. The molecule has 6 nitrogen and oxygen atoms in total. The molecule has 2 fully saturated rings. The maximum Gasteiger partial charge on any atom is 0.229 e. The van der Waals surface area contributed by atoms with Crippen molar-refractivity contribution >= 4 is 0 Å². The summed E-state index contributed by atoms with van der Waals surface area (Å²) in [7, 11) is 1.55. The highest BCUT2D eigenvalue weighted by atomic mass is 16.8. The highest BCUT2D eigenvalue weighted by Crippen LogP contribution is 2.35. The van der Waals surface area contributed by atoms with Crippen molar-refractivity contribution in [3.8, 4) is 5.75 Å². The summed E-state index contributed by atoms with van der Waals surface area (Å²) in [5.41, 5.74) is 0.915. The van der Waals surface area contributed by atoms with E-state index in [-0.39, 0.29) is 0 Å². The minimum absolute atomic E-state index is 0.325. The van der Waals surface area contributed by atoms with Crippen LogP contribution in [0.1, 0.15) is 11.9 Å². The third-order valence-electron chi connectivity index (χ3n) is 4.65. The molecule has 0 aromatic heterocycles. The van der Waals surface area contributed by atoms with E-state index < -0.39 is 37.0 Å². The molecule has 2 heterocycles. The predicted octanol–water partition coefficient (Wildman–Crippen LogP) is 2.28. The number of rotatable bonds is 4. The third-order valence-corrected chi connectivity index (χ3v) is 4.65. The van der Waals surface area contributed by atoms with E-state index in [1.165, 1.54) is 0 Å². The van der Waals surface area contributed by atoms with Crippen LogP contribution in [0.2, 0.25) is 0 Å². The average Bonchev–Trinajstić information content (AvgIpc) is 2.70. The van der Waals surface area contributed by atoms with E-state index in [0.29, 0.717) is 12.4 Å².